The molecule has 0 radical (unpaired) electrons. The van der Waals surface area contributed by atoms with E-state index in [9.17, 15) is 4.79 Å². The molecule has 0 aromatic rings. The van der Waals surface area contributed by atoms with Crippen molar-refractivity contribution in [3.63, 3.8) is 0 Å². The van der Waals surface area contributed by atoms with E-state index in [0.29, 0.717) is 12.1 Å². The minimum Gasteiger partial charge on any atom is -0.444 e. The maximum absolute atomic E-state index is 12.4. The summed E-state index contributed by atoms with van der Waals surface area (Å²) in [5.74, 6) is 0.799. The molecule has 3 fully saturated rings. The number of nitrogens with zero attached hydrogens (tertiary/aromatic N) is 1. The molecule has 144 valence electrons. The molecule has 25 heavy (non-hydrogen) atoms. The van der Waals surface area contributed by atoms with Crippen molar-refractivity contribution < 1.29 is 9.53 Å². The molecule has 1 amide bonds. The summed E-state index contributed by atoms with van der Waals surface area (Å²) < 4.78 is 5.57. The topological polar surface area (TPSA) is 53.6 Å². The monoisotopic (exact) mass is 351 g/mol. The zero-order valence-electron chi connectivity index (χ0n) is 16.4. The van der Waals surface area contributed by atoms with E-state index in [0.717, 1.165) is 44.3 Å². The highest BCUT2D eigenvalue weighted by Crippen LogP contribution is 2.32. The molecule has 1 saturated carbocycles. The van der Waals surface area contributed by atoms with E-state index in [4.69, 9.17) is 4.74 Å². The lowest BCUT2D eigenvalue weighted by molar-refractivity contribution is 0.0220. The first-order chi connectivity index (χ1) is 11.9. The average molecular weight is 352 g/mol. The fourth-order valence-electron chi connectivity index (χ4n) is 4.93. The van der Waals surface area contributed by atoms with Gasteiger partial charge in [-0.1, -0.05) is 6.42 Å². The third kappa shape index (κ3) is 5.10. The fourth-order valence-corrected chi connectivity index (χ4v) is 4.93. The van der Waals surface area contributed by atoms with Crippen molar-refractivity contribution in [1.82, 2.24) is 15.5 Å². The van der Waals surface area contributed by atoms with E-state index in [1.54, 1.807) is 0 Å². The molecular weight excluding hydrogens is 314 g/mol. The standard InChI is InChI=1S/C20H37N3O2/c1-20(2,3)25-19(24)23-14-6-7-15(23)11-13-22-17-9-4-8-16(17)18-10-5-12-21-18/h15-18,21-22H,4-14H2,1-3H3. The summed E-state index contributed by atoms with van der Waals surface area (Å²) in [5.41, 5.74) is -0.409. The highest BCUT2D eigenvalue weighted by molar-refractivity contribution is 5.68. The van der Waals surface area contributed by atoms with Crippen LogP contribution in [0.2, 0.25) is 0 Å². The van der Waals surface area contributed by atoms with Crippen molar-refractivity contribution in [3.05, 3.63) is 0 Å². The lowest BCUT2D eigenvalue weighted by Crippen LogP contribution is -2.44. The summed E-state index contributed by atoms with van der Waals surface area (Å²) >= 11 is 0. The Hall–Kier alpha value is -0.810. The zero-order chi connectivity index (χ0) is 17.9. The lowest BCUT2D eigenvalue weighted by atomic mass is 9.93. The van der Waals surface area contributed by atoms with Crippen LogP contribution < -0.4 is 10.6 Å². The van der Waals surface area contributed by atoms with Crippen LogP contribution in [0.1, 0.15) is 72.1 Å². The van der Waals surface area contributed by atoms with Gasteiger partial charge in [-0.15, -0.1) is 0 Å². The van der Waals surface area contributed by atoms with Gasteiger partial charge in [0.25, 0.3) is 0 Å². The smallest absolute Gasteiger partial charge is 0.410 e. The highest BCUT2D eigenvalue weighted by atomic mass is 16.6. The van der Waals surface area contributed by atoms with Crippen molar-refractivity contribution in [1.29, 1.82) is 0 Å². The van der Waals surface area contributed by atoms with E-state index in [1.807, 2.05) is 25.7 Å². The quantitative estimate of drug-likeness (QED) is 0.798. The van der Waals surface area contributed by atoms with Gasteiger partial charge in [-0.2, -0.15) is 0 Å². The van der Waals surface area contributed by atoms with E-state index >= 15 is 0 Å². The number of likely N-dealkylation sites (tertiary alicyclic amines) is 1. The molecule has 3 aliphatic rings. The summed E-state index contributed by atoms with van der Waals surface area (Å²) in [5, 5.41) is 7.52. The van der Waals surface area contributed by atoms with Crippen molar-refractivity contribution in [2.24, 2.45) is 5.92 Å². The number of hydrogen-bond donors (Lipinski definition) is 2. The normalized spacial score (nSPS) is 33.2. The van der Waals surface area contributed by atoms with Gasteiger partial charge in [-0.05, 0) is 84.7 Å². The van der Waals surface area contributed by atoms with Gasteiger partial charge in [0.2, 0.25) is 0 Å². The number of ether oxygens (including phenoxy) is 1. The second-order valence-electron chi connectivity index (χ2n) is 9.12. The molecule has 4 unspecified atom stereocenters. The van der Waals surface area contributed by atoms with E-state index in [1.165, 1.54) is 38.6 Å². The van der Waals surface area contributed by atoms with Crippen LogP contribution in [-0.2, 0) is 4.74 Å². The van der Waals surface area contributed by atoms with Crippen molar-refractivity contribution in [2.45, 2.75) is 95.9 Å². The Bertz CT molecular complexity index is 443. The number of nitrogens with one attached hydrogen (secondary N) is 2. The third-order valence-corrected chi connectivity index (χ3v) is 6.07. The Kier molecular flexibility index (Phi) is 6.26. The van der Waals surface area contributed by atoms with Gasteiger partial charge in [0, 0.05) is 24.7 Å². The SMILES string of the molecule is CC(C)(C)OC(=O)N1CCCC1CCNC1CCCC1C1CCCN1. The summed E-state index contributed by atoms with van der Waals surface area (Å²) in [6, 6.07) is 1.73. The Morgan fingerprint density at radius 1 is 1.16 bits per heavy atom. The largest absolute Gasteiger partial charge is 0.444 e. The number of amides is 1. The van der Waals surface area contributed by atoms with Crippen molar-refractivity contribution in [2.75, 3.05) is 19.6 Å². The molecule has 4 atom stereocenters. The average Bonchev–Trinajstić information content (AvgIpc) is 3.27. The van der Waals surface area contributed by atoms with Crippen LogP contribution in [0.4, 0.5) is 4.79 Å². The minimum absolute atomic E-state index is 0.135. The molecule has 1 aliphatic carbocycles. The Morgan fingerprint density at radius 3 is 2.72 bits per heavy atom. The molecule has 0 aromatic carbocycles. The molecule has 2 aliphatic heterocycles. The Balaban J connectivity index is 1.43. The molecule has 0 spiro atoms. The molecule has 2 saturated heterocycles. The first-order valence-corrected chi connectivity index (χ1v) is 10.4. The molecule has 2 N–H and O–H groups in total. The maximum Gasteiger partial charge on any atom is 0.410 e. The Labute approximate surface area is 153 Å². The number of carbonyl (C=O) groups excluding carboxylic acids is 1. The van der Waals surface area contributed by atoms with Crippen LogP contribution in [0, 0.1) is 5.92 Å². The minimum atomic E-state index is -0.409. The van der Waals surface area contributed by atoms with Gasteiger partial charge in [-0.3, -0.25) is 0 Å². The van der Waals surface area contributed by atoms with Gasteiger partial charge in [0.05, 0.1) is 0 Å². The zero-order valence-corrected chi connectivity index (χ0v) is 16.4. The van der Waals surface area contributed by atoms with Gasteiger partial charge >= 0.3 is 6.09 Å². The van der Waals surface area contributed by atoms with Gasteiger partial charge in [-0.25, -0.2) is 4.79 Å². The molecule has 0 bridgehead atoms. The van der Waals surface area contributed by atoms with E-state index in [-0.39, 0.29) is 6.09 Å². The summed E-state index contributed by atoms with van der Waals surface area (Å²) in [6.45, 7) is 8.87. The summed E-state index contributed by atoms with van der Waals surface area (Å²) in [4.78, 5) is 14.3. The van der Waals surface area contributed by atoms with Crippen LogP contribution >= 0.6 is 0 Å². The predicted molar refractivity (Wildman–Crippen MR) is 101 cm³/mol. The van der Waals surface area contributed by atoms with Crippen LogP contribution in [0.5, 0.6) is 0 Å². The molecule has 2 heterocycles. The molecule has 5 heteroatoms. The molecule has 0 aromatic heterocycles. The first kappa shape index (κ1) is 19.0. The van der Waals surface area contributed by atoms with E-state index < -0.39 is 5.60 Å². The molecular formula is C20H37N3O2. The molecule has 5 nitrogen and oxygen atoms in total. The van der Waals surface area contributed by atoms with Crippen LogP contribution in [0.3, 0.4) is 0 Å². The summed E-state index contributed by atoms with van der Waals surface area (Å²) in [7, 11) is 0. The van der Waals surface area contributed by atoms with Crippen LogP contribution in [-0.4, -0.2) is 54.4 Å². The van der Waals surface area contributed by atoms with Crippen molar-refractivity contribution >= 4 is 6.09 Å². The summed E-state index contributed by atoms with van der Waals surface area (Å²) in [6.07, 6.45) is 9.82. The van der Waals surface area contributed by atoms with E-state index in [2.05, 4.69) is 10.6 Å². The van der Waals surface area contributed by atoms with Crippen LogP contribution in [0.15, 0.2) is 0 Å². The first-order valence-electron chi connectivity index (χ1n) is 10.4. The maximum atomic E-state index is 12.4. The highest BCUT2D eigenvalue weighted by Gasteiger charge is 2.35. The van der Waals surface area contributed by atoms with Gasteiger partial charge < -0.3 is 20.3 Å². The number of carbonyl (C=O) groups is 1. The number of rotatable bonds is 5. The van der Waals surface area contributed by atoms with Crippen molar-refractivity contribution in [3.8, 4) is 0 Å². The number of hydrogen-bond acceptors (Lipinski definition) is 4. The van der Waals surface area contributed by atoms with Crippen LogP contribution in [0.25, 0.3) is 0 Å². The molecule has 3 rings (SSSR count). The Morgan fingerprint density at radius 2 is 2.00 bits per heavy atom. The third-order valence-electron chi connectivity index (χ3n) is 6.07. The second-order valence-corrected chi connectivity index (χ2v) is 9.12. The van der Waals surface area contributed by atoms with Gasteiger partial charge in [0.15, 0.2) is 0 Å². The second kappa shape index (κ2) is 8.26. The lowest BCUT2D eigenvalue weighted by Gasteiger charge is -2.30. The fraction of sp³-hybridized carbons (Fsp3) is 0.950. The predicted octanol–water partition coefficient (Wildman–Crippen LogP) is 3.29. The van der Waals surface area contributed by atoms with Gasteiger partial charge in [0.1, 0.15) is 5.60 Å².